The fourth-order valence-corrected chi connectivity index (χ4v) is 1.47. The van der Waals surface area contributed by atoms with Crippen LogP contribution in [0.2, 0.25) is 0 Å². The van der Waals surface area contributed by atoms with Crippen LogP contribution in [0.15, 0.2) is 18.2 Å². The summed E-state index contributed by atoms with van der Waals surface area (Å²) in [6.07, 6.45) is 0.978. The van der Waals surface area contributed by atoms with E-state index in [9.17, 15) is 9.59 Å². The second-order valence-corrected chi connectivity index (χ2v) is 4.14. The first-order valence-corrected chi connectivity index (χ1v) is 6.31. The van der Waals surface area contributed by atoms with Crippen molar-refractivity contribution in [2.45, 2.75) is 26.3 Å². The predicted octanol–water partition coefficient (Wildman–Crippen LogP) is 0.768. The SMILES string of the molecule is CCCNc1cccc(C(=O)NC(C)C(=O)NC)n1. The molecule has 1 aromatic heterocycles. The molecule has 0 aliphatic carbocycles. The number of likely N-dealkylation sites (N-methyl/N-ethyl adjacent to an activating group) is 1. The maximum Gasteiger partial charge on any atom is 0.270 e. The van der Waals surface area contributed by atoms with Gasteiger partial charge < -0.3 is 16.0 Å². The van der Waals surface area contributed by atoms with Gasteiger partial charge in [0.1, 0.15) is 17.6 Å². The Bertz CT molecular complexity index is 448. The maximum atomic E-state index is 11.9. The molecule has 0 fully saturated rings. The average Bonchev–Trinajstić information content (AvgIpc) is 2.44. The summed E-state index contributed by atoms with van der Waals surface area (Å²) in [4.78, 5) is 27.4. The van der Waals surface area contributed by atoms with Gasteiger partial charge in [-0.15, -0.1) is 0 Å². The van der Waals surface area contributed by atoms with Crippen molar-refractivity contribution >= 4 is 17.6 Å². The summed E-state index contributed by atoms with van der Waals surface area (Å²) < 4.78 is 0. The summed E-state index contributed by atoms with van der Waals surface area (Å²) in [6.45, 7) is 4.47. The van der Waals surface area contributed by atoms with Crippen molar-refractivity contribution in [3.05, 3.63) is 23.9 Å². The first-order chi connectivity index (χ1) is 9.08. The summed E-state index contributed by atoms with van der Waals surface area (Å²) >= 11 is 0. The number of rotatable bonds is 6. The van der Waals surface area contributed by atoms with E-state index in [0.717, 1.165) is 13.0 Å². The fourth-order valence-electron chi connectivity index (χ4n) is 1.47. The van der Waals surface area contributed by atoms with Gasteiger partial charge in [-0.25, -0.2) is 4.98 Å². The van der Waals surface area contributed by atoms with Gasteiger partial charge in [0.25, 0.3) is 5.91 Å². The molecule has 6 heteroatoms. The van der Waals surface area contributed by atoms with E-state index in [1.807, 2.05) is 0 Å². The lowest BCUT2D eigenvalue weighted by atomic mass is 10.2. The molecular formula is C13H20N4O2. The summed E-state index contributed by atoms with van der Waals surface area (Å²) in [5, 5.41) is 8.17. The molecule has 0 bridgehead atoms. The molecule has 0 aromatic carbocycles. The number of amides is 2. The van der Waals surface area contributed by atoms with Gasteiger partial charge in [-0.2, -0.15) is 0 Å². The molecule has 1 aromatic rings. The second kappa shape index (κ2) is 7.35. The zero-order valence-electron chi connectivity index (χ0n) is 11.5. The molecular weight excluding hydrogens is 244 g/mol. The normalized spacial score (nSPS) is 11.5. The minimum Gasteiger partial charge on any atom is -0.370 e. The van der Waals surface area contributed by atoms with Crippen molar-refractivity contribution in [1.82, 2.24) is 15.6 Å². The van der Waals surface area contributed by atoms with Crippen LogP contribution in [0, 0.1) is 0 Å². The summed E-state index contributed by atoms with van der Waals surface area (Å²) in [5.74, 6) is 0.0481. The molecule has 1 heterocycles. The molecule has 0 saturated carbocycles. The molecule has 3 N–H and O–H groups in total. The van der Waals surface area contributed by atoms with Gasteiger partial charge in [-0.1, -0.05) is 13.0 Å². The number of anilines is 1. The number of hydrogen-bond acceptors (Lipinski definition) is 4. The Labute approximate surface area is 113 Å². The van der Waals surface area contributed by atoms with Crippen molar-refractivity contribution in [1.29, 1.82) is 0 Å². The number of nitrogens with zero attached hydrogens (tertiary/aromatic N) is 1. The van der Waals surface area contributed by atoms with Crippen LogP contribution in [0.25, 0.3) is 0 Å². The monoisotopic (exact) mass is 264 g/mol. The first kappa shape index (κ1) is 14.9. The largest absolute Gasteiger partial charge is 0.370 e. The van der Waals surface area contributed by atoms with Gasteiger partial charge >= 0.3 is 0 Å². The van der Waals surface area contributed by atoms with Crippen molar-refractivity contribution in [3.63, 3.8) is 0 Å². The van der Waals surface area contributed by atoms with E-state index in [1.165, 1.54) is 7.05 Å². The van der Waals surface area contributed by atoms with Crippen LogP contribution < -0.4 is 16.0 Å². The molecule has 19 heavy (non-hydrogen) atoms. The molecule has 1 rings (SSSR count). The highest BCUT2D eigenvalue weighted by atomic mass is 16.2. The third-order valence-electron chi connectivity index (χ3n) is 2.53. The zero-order valence-corrected chi connectivity index (χ0v) is 11.5. The quantitative estimate of drug-likeness (QED) is 0.708. The summed E-state index contributed by atoms with van der Waals surface area (Å²) in [7, 11) is 1.53. The lowest BCUT2D eigenvalue weighted by molar-refractivity contribution is -0.122. The first-order valence-electron chi connectivity index (χ1n) is 6.31. The van der Waals surface area contributed by atoms with Crippen LogP contribution in [0.5, 0.6) is 0 Å². The molecule has 1 unspecified atom stereocenters. The lowest BCUT2D eigenvalue weighted by Gasteiger charge is -2.12. The van der Waals surface area contributed by atoms with Crippen LogP contribution in [-0.4, -0.2) is 36.4 Å². The minimum atomic E-state index is -0.591. The van der Waals surface area contributed by atoms with Crippen LogP contribution in [-0.2, 0) is 4.79 Å². The van der Waals surface area contributed by atoms with Gasteiger partial charge in [0.15, 0.2) is 0 Å². The molecule has 0 spiro atoms. The lowest BCUT2D eigenvalue weighted by Crippen LogP contribution is -2.43. The van der Waals surface area contributed by atoms with Gasteiger partial charge in [-0.3, -0.25) is 9.59 Å². The number of nitrogens with one attached hydrogen (secondary N) is 3. The minimum absolute atomic E-state index is 0.242. The zero-order chi connectivity index (χ0) is 14.3. The molecule has 0 radical (unpaired) electrons. The highest BCUT2D eigenvalue weighted by Crippen LogP contribution is 2.05. The average molecular weight is 264 g/mol. The number of pyridine rings is 1. The Balaban J connectivity index is 2.68. The Morgan fingerprint density at radius 2 is 2.11 bits per heavy atom. The predicted molar refractivity (Wildman–Crippen MR) is 74.0 cm³/mol. The molecule has 0 saturated heterocycles. The third kappa shape index (κ3) is 4.57. The third-order valence-corrected chi connectivity index (χ3v) is 2.53. The molecule has 0 aliphatic heterocycles. The van der Waals surface area contributed by atoms with E-state index in [0.29, 0.717) is 5.82 Å². The Hall–Kier alpha value is -2.11. The number of carbonyl (C=O) groups excluding carboxylic acids is 2. The number of carbonyl (C=O) groups is 2. The molecule has 1 atom stereocenters. The topological polar surface area (TPSA) is 83.1 Å². The molecule has 0 aliphatic rings. The van der Waals surface area contributed by atoms with E-state index in [-0.39, 0.29) is 17.5 Å². The number of aromatic nitrogens is 1. The Kier molecular flexibility index (Phi) is 5.78. The highest BCUT2D eigenvalue weighted by molar-refractivity contribution is 5.96. The molecule has 2 amide bonds. The van der Waals surface area contributed by atoms with E-state index in [4.69, 9.17) is 0 Å². The van der Waals surface area contributed by atoms with Crippen molar-refractivity contribution in [2.75, 3.05) is 18.9 Å². The standard InChI is InChI=1S/C13H20N4O2/c1-4-8-15-11-7-5-6-10(17-11)13(19)16-9(2)12(18)14-3/h5-7,9H,4,8H2,1-3H3,(H,14,18)(H,15,17)(H,16,19). The van der Waals surface area contributed by atoms with Crippen LogP contribution in [0.1, 0.15) is 30.8 Å². The fraction of sp³-hybridized carbons (Fsp3) is 0.462. The Morgan fingerprint density at radius 3 is 2.74 bits per heavy atom. The summed E-state index contributed by atoms with van der Waals surface area (Å²) in [6, 6.07) is 4.58. The summed E-state index contributed by atoms with van der Waals surface area (Å²) in [5.41, 5.74) is 0.289. The maximum absolute atomic E-state index is 11.9. The van der Waals surface area contributed by atoms with E-state index in [2.05, 4.69) is 27.9 Å². The second-order valence-electron chi connectivity index (χ2n) is 4.14. The van der Waals surface area contributed by atoms with Crippen LogP contribution in [0.3, 0.4) is 0 Å². The smallest absolute Gasteiger partial charge is 0.270 e. The van der Waals surface area contributed by atoms with Crippen LogP contribution >= 0.6 is 0 Å². The highest BCUT2D eigenvalue weighted by Gasteiger charge is 2.16. The Morgan fingerprint density at radius 1 is 1.37 bits per heavy atom. The van der Waals surface area contributed by atoms with Crippen molar-refractivity contribution < 1.29 is 9.59 Å². The molecule has 6 nitrogen and oxygen atoms in total. The number of hydrogen-bond donors (Lipinski definition) is 3. The van der Waals surface area contributed by atoms with E-state index >= 15 is 0 Å². The van der Waals surface area contributed by atoms with Gasteiger partial charge in [0, 0.05) is 13.6 Å². The van der Waals surface area contributed by atoms with Gasteiger partial charge in [0.05, 0.1) is 0 Å². The van der Waals surface area contributed by atoms with E-state index in [1.54, 1.807) is 25.1 Å². The van der Waals surface area contributed by atoms with Crippen LogP contribution in [0.4, 0.5) is 5.82 Å². The van der Waals surface area contributed by atoms with Gasteiger partial charge in [-0.05, 0) is 25.5 Å². The van der Waals surface area contributed by atoms with Crippen molar-refractivity contribution in [3.8, 4) is 0 Å². The van der Waals surface area contributed by atoms with Gasteiger partial charge in [0.2, 0.25) is 5.91 Å². The van der Waals surface area contributed by atoms with E-state index < -0.39 is 6.04 Å². The van der Waals surface area contributed by atoms with Crippen molar-refractivity contribution in [2.24, 2.45) is 0 Å². The molecule has 104 valence electrons.